The maximum atomic E-state index is 2.59. The summed E-state index contributed by atoms with van der Waals surface area (Å²) in [6.45, 7) is 2.59. The van der Waals surface area contributed by atoms with Crippen LogP contribution in [0.2, 0.25) is 0 Å². The van der Waals surface area contributed by atoms with Crippen molar-refractivity contribution in [2.75, 3.05) is 14.1 Å². The van der Waals surface area contributed by atoms with Crippen LogP contribution in [-0.2, 0) is 0 Å². The van der Waals surface area contributed by atoms with E-state index >= 15 is 0 Å². The molecule has 3 rings (SSSR count). The molecule has 0 aromatic carbocycles. The standard InChI is InChI=1S/C13H23N/c1-12-7-4-8-13(12,14(2)3)11-6-5-10(12)9-11/h10-11H,4-9H2,1-3H3. The van der Waals surface area contributed by atoms with Gasteiger partial charge in [-0.3, -0.25) is 0 Å². The fourth-order valence-electron chi connectivity index (χ4n) is 5.55. The van der Waals surface area contributed by atoms with E-state index in [2.05, 4.69) is 25.9 Å². The van der Waals surface area contributed by atoms with Crippen LogP contribution >= 0.6 is 0 Å². The molecule has 3 aliphatic rings. The van der Waals surface area contributed by atoms with Crippen LogP contribution in [0, 0.1) is 17.3 Å². The fourth-order valence-corrected chi connectivity index (χ4v) is 5.55. The van der Waals surface area contributed by atoms with Gasteiger partial charge in [0.15, 0.2) is 0 Å². The molecule has 0 saturated heterocycles. The monoisotopic (exact) mass is 193 g/mol. The normalized spacial score (nSPS) is 55.7. The summed E-state index contributed by atoms with van der Waals surface area (Å²) in [5.41, 5.74) is 1.26. The maximum Gasteiger partial charge on any atom is 0.0287 e. The largest absolute Gasteiger partial charge is 0.303 e. The van der Waals surface area contributed by atoms with E-state index < -0.39 is 0 Å². The van der Waals surface area contributed by atoms with Crippen molar-refractivity contribution >= 4 is 0 Å². The molecular formula is C13H23N. The van der Waals surface area contributed by atoms with Crippen molar-refractivity contribution in [1.82, 2.24) is 4.90 Å². The molecule has 1 nitrogen and oxygen atoms in total. The molecule has 1 heteroatoms. The molecule has 2 bridgehead atoms. The van der Waals surface area contributed by atoms with Gasteiger partial charge in [-0.2, -0.15) is 0 Å². The summed E-state index contributed by atoms with van der Waals surface area (Å²) in [5, 5.41) is 0. The predicted octanol–water partition coefficient (Wildman–Crippen LogP) is 2.91. The Morgan fingerprint density at radius 2 is 1.79 bits per heavy atom. The molecule has 0 aromatic heterocycles. The smallest absolute Gasteiger partial charge is 0.0287 e. The fraction of sp³-hybridized carbons (Fsp3) is 1.00. The van der Waals surface area contributed by atoms with Crippen LogP contribution in [-0.4, -0.2) is 24.5 Å². The first-order valence-corrected chi connectivity index (χ1v) is 6.29. The van der Waals surface area contributed by atoms with Crippen LogP contribution < -0.4 is 0 Å². The van der Waals surface area contributed by atoms with E-state index in [0.717, 1.165) is 11.8 Å². The zero-order chi connectivity index (χ0) is 9.97. The minimum atomic E-state index is 0.593. The molecule has 0 aromatic rings. The molecule has 4 atom stereocenters. The topological polar surface area (TPSA) is 3.24 Å². The second kappa shape index (κ2) is 2.55. The summed E-state index contributed by atoms with van der Waals surface area (Å²) in [6, 6.07) is 0. The van der Waals surface area contributed by atoms with Gasteiger partial charge in [0, 0.05) is 5.54 Å². The molecule has 3 saturated carbocycles. The van der Waals surface area contributed by atoms with Gasteiger partial charge in [0.2, 0.25) is 0 Å². The second-order valence-electron chi connectivity index (χ2n) is 6.30. The lowest BCUT2D eigenvalue weighted by atomic mass is 9.63. The average Bonchev–Trinajstić information content (AvgIpc) is 2.71. The Bertz CT molecular complexity index is 260. The van der Waals surface area contributed by atoms with Gasteiger partial charge in [-0.05, 0) is 63.5 Å². The van der Waals surface area contributed by atoms with Gasteiger partial charge in [0.25, 0.3) is 0 Å². The summed E-state index contributed by atoms with van der Waals surface area (Å²) in [4.78, 5) is 2.59. The van der Waals surface area contributed by atoms with E-state index in [4.69, 9.17) is 0 Å². The Morgan fingerprint density at radius 1 is 1.07 bits per heavy atom. The van der Waals surface area contributed by atoms with Crippen molar-refractivity contribution in [3.63, 3.8) is 0 Å². The lowest BCUT2D eigenvalue weighted by Crippen LogP contribution is -2.56. The number of fused-ring (bicyclic) bond motifs is 5. The van der Waals surface area contributed by atoms with Gasteiger partial charge in [-0.15, -0.1) is 0 Å². The predicted molar refractivity (Wildman–Crippen MR) is 59.2 cm³/mol. The van der Waals surface area contributed by atoms with E-state index in [1.165, 1.54) is 38.5 Å². The highest BCUT2D eigenvalue weighted by Crippen LogP contribution is 2.69. The quantitative estimate of drug-likeness (QED) is 0.619. The second-order valence-corrected chi connectivity index (χ2v) is 6.30. The Balaban J connectivity index is 2.08. The molecule has 0 spiro atoms. The summed E-state index contributed by atoms with van der Waals surface area (Å²) in [7, 11) is 4.65. The van der Waals surface area contributed by atoms with E-state index in [1.54, 1.807) is 0 Å². The molecule has 3 aliphatic carbocycles. The number of hydrogen-bond acceptors (Lipinski definition) is 1. The average molecular weight is 193 g/mol. The highest BCUT2D eigenvalue weighted by Gasteiger charge is 2.67. The lowest BCUT2D eigenvalue weighted by molar-refractivity contribution is -0.0158. The molecule has 0 heterocycles. The Hall–Kier alpha value is -0.0400. The van der Waals surface area contributed by atoms with Gasteiger partial charge in [0.1, 0.15) is 0 Å². The van der Waals surface area contributed by atoms with E-state index in [0.29, 0.717) is 11.0 Å². The van der Waals surface area contributed by atoms with Crippen LogP contribution in [0.5, 0.6) is 0 Å². The van der Waals surface area contributed by atoms with Crippen molar-refractivity contribution in [2.24, 2.45) is 17.3 Å². The van der Waals surface area contributed by atoms with Crippen LogP contribution in [0.1, 0.15) is 45.4 Å². The molecule has 3 fully saturated rings. The van der Waals surface area contributed by atoms with Crippen molar-refractivity contribution in [3.05, 3.63) is 0 Å². The van der Waals surface area contributed by atoms with Crippen molar-refractivity contribution in [2.45, 2.75) is 51.0 Å². The van der Waals surface area contributed by atoms with Gasteiger partial charge in [-0.25, -0.2) is 0 Å². The summed E-state index contributed by atoms with van der Waals surface area (Å²) >= 11 is 0. The van der Waals surface area contributed by atoms with Gasteiger partial charge >= 0.3 is 0 Å². The van der Waals surface area contributed by atoms with Gasteiger partial charge < -0.3 is 4.90 Å². The third kappa shape index (κ3) is 0.743. The number of hydrogen-bond donors (Lipinski definition) is 0. The van der Waals surface area contributed by atoms with E-state index in [9.17, 15) is 0 Å². The van der Waals surface area contributed by atoms with Crippen molar-refractivity contribution < 1.29 is 0 Å². The zero-order valence-electron chi connectivity index (χ0n) is 9.84. The number of nitrogens with zero attached hydrogens (tertiary/aromatic N) is 1. The van der Waals surface area contributed by atoms with Crippen LogP contribution in [0.3, 0.4) is 0 Å². The Labute approximate surface area is 87.9 Å². The molecule has 80 valence electrons. The minimum absolute atomic E-state index is 0.593. The molecule has 14 heavy (non-hydrogen) atoms. The van der Waals surface area contributed by atoms with Crippen LogP contribution in [0.25, 0.3) is 0 Å². The first-order valence-electron chi connectivity index (χ1n) is 6.29. The molecule has 0 aliphatic heterocycles. The first-order chi connectivity index (χ1) is 6.61. The molecule has 0 amide bonds. The number of rotatable bonds is 1. The summed E-state index contributed by atoms with van der Waals surface area (Å²) < 4.78 is 0. The van der Waals surface area contributed by atoms with Crippen molar-refractivity contribution in [1.29, 1.82) is 0 Å². The summed E-state index contributed by atoms with van der Waals surface area (Å²) in [5.74, 6) is 2.08. The SMILES string of the molecule is CN(C)C12CCCC1(C)C1CCC2C1. The zero-order valence-corrected chi connectivity index (χ0v) is 9.84. The minimum Gasteiger partial charge on any atom is -0.303 e. The molecular weight excluding hydrogens is 170 g/mol. The highest BCUT2D eigenvalue weighted by atomic mass is 15.2. The third-order valence-electron chi connectivity index (χ3n) is 6.05. The molecule has 0 radical (unpaired) electrons. The molecule has 4 unspecified atom stereocenters. The third-order valence-corrected chi connectivity index (χ3v) is 6.05. The van der Waals surface area contributed by atoms with Gasteiger partial charge in [-0.1, -0.05) is 13.3 Å². The van der Waals surface area contributed by atoms with Crippen LogP contribution in [0.4, 0.5) is 0 Å². The lowest BCUT2D eigenvalue weighted by Gasteiger charge is -2.51. The van der Waals surface area contributed by atoms with E-state index in [-0.39, 0.29) is 0 Å². The van der Waals surface area contributed by atoms with Crippen LogP contribution in [0.15, 0.2) is 0 Å². The Kier molecular flexibility index (Phi) is 1.68. The molecule has 0 N–H and O–H groups in total. The van der Waals surface area contributed by atoms with Gasteiger partial charge in [0.05, 0.1) is 0 Å². The first kappa shape index (κ1) is 9.21. The van der Waals surface area contributed by atoms with E-state index in [1.807, 2.05) is 0 Å². The maximum absolute atomic E-state index is 2.59. The Morgan fingerprint density at radius 3 is 2.43 bits per heavy atom. The summed E-state index contributed by atoms with van der Waals surface area (Å²) in [6.07, 6.45) is 9.01. The van der Waals surface area contributed by atoms with Crippen molar-refractivity contribution in [3.8, 4) is 0 Å². The highest BCUT2D eigenvalue weighted by molar-refractivity contribution is 5.20.